The summed E-state index contributed by atoms with van der Waals surface area (Å²) in [5.74, 6) is -3.40. The van der Waals surface area contributed by atoms with Crippen LogP contribution in [0.1, 0.15) is 23.2 Å². The van der Waals surface area contributed by atoms with Crippen LogP contribution in [0.2, 0.25) is 0 Å². The Hall–Kier alpha value is -2.55. The predicted molar refractivity (Wildman–Crippen MR) is 77.8 cm³/mol. The third-order valence-electron chi connectivity index (χ3n) is 3.95. The van der Waals surface area contributed by atoms with Gasteiger partial charge in [-0.2, -0.15) is 0 Å². The number of hydrogen-bond donors (Lipinski definition) is 2. The van der Waals surface area contributed by atoms with E-state index in [0.717, 1.165) is 6.07 Å². The Bertz CT molecular complexity index is 793. The second-order valence-electron chi connectivity index (χ2n) is 5.75. The van der Waals surface area contributed by atoms with Crippen molar-refractivity contribution in [3.63, 3.8) is 0 Å². The van der Waals surface area contributed by atoms with Gasteiger partial charge in [-0.05, 0) is 18.1 Å². The minimum absolute atomic E-state index is 0.0697. The van der Waals surface area contributed by atoms with Crippen LogP contribution in [0, 0.1) is 17.5 Å². The Labute approximate surface area is 135 Å². The largest absolute Gasteiger partial charge is 0.367 e. The molecule has 1 amide bonds. The summed E-state index contributed by atoms with van der Waals surface area (Å²) in [7, 11) is 0. The van der Waals surface area contributed by atoms with E-state index in [0.29, 0.717) is 17.3 Å². The highest BCUT2D eigenvalue weighted by Crippen LogP contribution is 2.27. The minimum atomic E-state index is -1.27. The molecule has 0 saturated carbocycles. The van der Waals surface area contributed by atoms with E-state index in [1.165, 1.54) is 4.90 Å². The van der Waals surface area contributed by atoms with E-state index >= 15 is 0 Å². The number of amides is 1. The van der Waals surface area contributed by atoms with Gasteiger partial charge in [0.15, 0.2) is 11.6 Å². The highest BCUT2D eigenvalue weighted by atomic mass is 19.2. The first-order chi connectivity index (χ1) is 11.3. The van der Waals surface area contributed by atoms with E-state index in [1.54, 1.807) is 0 Å². The first kappa shape index (κ1) is 16.3. The fraction of sp³-hybridized carbons (Fsp3) is 0.333. The number of nitrogens with two attached hydrogens (primary N) is 2. The molecule has 1 atom stereocenters. The van der Waals surface area contributed by atoms with Gasteiger partial charge in [0, 0.05) is 18.5 Å². The molecule has 3 rings (SSSR count). The van der Waals surface area contributed by atoms with Crippen LogP contribution in [0.5, 0.6) is 0 Å². The van der Waals surface area contributed by atoms with Crippen LogP contribution in [-0.2, 0) is 24.3 Å². The average molecular weight is 340 g/mol. The first-order valence-electron chi connectivity index (χ1n) is 7.24. The number of hydrogen-bond acceptors (Lipinski definition) is 5. The number of carbonyl (C=O) groups excluding carboxylic acids is 1. The highest BCUT2D eigenvalue weighted by Gasteiger charge is 2.29. The molecule has 6 nitrogen and oxygen atoms in total. The van der Waals surface area contributed by atoms with Gasteiger partial charge in [0.05, 0.1) is 18.7 Å². The maximum absolute atomic E-state index is 13.6. The molecule has 1 aliphatic heterocycles. The van der Waals surface area contributed by atoms with E-state index in [4.69, 9.17) is 16.0 Å². The van der Waals surface area contributed by atoms with Gasteiger partial charge in [-0.15, -0.1) is 0 Å². The van der Waals surface area contributed by atoms with Crippen LogP contribution in [0.3, 0.4) is 0 Å². The summed E-state index contributed by atoms with van der Waals surface area (Å²) >= 11 is 0. The van der Waals surface area contributed by atoms with Gasteiger partial charge in [0.2, 0.25) is 11.8 Å². The van der Waals surface area contributed by atoms with Crippen LogP contribution in [0.15, 0.2) is 16.7 Å². The fourth-order valence-corrected chi connectivity index (χ4v) is 2.68. The molecule has 1 aliphatic rings. The second kappa shape index (κ2) is 6.16. The molecule has 0 radical (unpaired) electrons. The lowest BCUT2D eigenvalue weighted by Gasteiger charge is -2.18. The topological polar surface area (TPSA) is 98.4 Å². The maximum Gasteiger partial charge on any atom is 0.227 e. The molecule has 0 fully saturated rings. The fourth-order valence-electron chi connectivity index (χ4n) is 2.68. The Morgan fingerprint density at radius 1 is 1.25 bits per heavy atom. The van der Waals surface area contributed by atoms with Gasteiger partial charge >= 0.3 is 0 Å². The van der Waals surface area contributed by atoms with Gasteiger partial charge < -0.3 is 20.9 Å². The zero-order chi connectivity index (χ0) is 17.4. The molecule has 0 spiro atoms. The van der Waals surface area contributed by atoms with Crippen molar-refractivity contribution in [2.75, 3.05) is 5.73 Å². The highest BCUT2D eigenvalue weighted by molar-refractivity contribution is 5.77. The molecule has 128 valence electrons. The van der Waals surface area contributed by atoms with Gasteiger partial charge in [0.25, 0.3) is 0 Å². The minimum Gasteiger partial charge on any atom is -0.367 e. The average Bonchev–Trinajstić information content (AvgIpc) is 3.07. The van der Waals surface area contributed by atoms with Crippen molar-refractivity contribution >= 4 is 11.8 Å². The smallest absolute Gasteiger partial charge is 0.227 e. The third-order valence-corrected chi connectivity index (χ3v) is 3.95. The summed E-state index contributed by atoms with van der Waals surface area (Å²) < 4.78 is 44.5. The quantitative estimate of drug-likeness (QED) is 0.822. The zero-order valence-electron chi connectivity index (χ0n) is 12.6. The lowest BCUT2D eigenvalue weighted by molar-refractivity contribution is -0.132. The zero-order valence-corrected chi connectivity index (χ0v) is 12.6. The maximum atomic E-state index is 13.6. The van der Waals surface area contributed by atoms with Gasteiger partial charge in [-0.25, -0.2) is 13.2 Å². The van der Waals surface area contributed by atoms with Crippen LogP contribution in [0.25, 0.3) is 0 Å². The van der Waals surface area contributed by atoms with Crippen molar-refractivity contribution in [3.05, 3.63) is 46.4 Å². The number of benzene rings is 1. The van der Waals surface area contributed by atoms with Crippen LogP contribution in [-0.4, -0.2) is 22.0 Å². The third kappa shape index (κ3) is 3.07. The SMILES string of the molecule is Nc1onc2c1CN(C(=O)C[C@H](N)Cc1cc(F)c(F)cc1F)C2. The number of carbonyl (C=O) groups is 1. The summed E-state index contributed by atoms with van der Waals surface area (Å²) in [5, 5.41) is 3.75. The van der Waals surface area contributed by atoms with E-state index in [9.17, 15) is 18.0 Å². The lowest BCUT2D eigenvalue weighted by atomic mass is 10.0. The van der Waals surface area contributed by atoms with Crippen molar-refractivity contribution < 1.29 is 22.5 Å². The molecule has 0 aliphatic carbocycles. The molecule has 0 unspecified atom stereocenters. The Morgan fingerprint density at radius 3 is 2.67 bits per heavy atom. The molecule has 24 heavy (non-hydrogen) atoms. The number of anilines is 1. The van der Waals surface area contributed by atoms with Crippen molar-refractivity contribution in [1.82, 2.24) is 10.1 Å². The number of nitrogen functional groups attached to an aromatic ring is 1. The van der Waals surface area contributed by atoms with E-state index in [-0.39, 0.29) is 43.3 Å². The van der Waals surface area contributed by atoms with Gasteiger partial charge in [-0.1, -0.05) is 5.16 Å². The molecule has 9 heteroatoms. The molecule has 2 aromatic rings. The van der Waals surface area contributed by atoms with Crippen molar-refractivity contribution in [2.24, 2.45) is 5.73 Å². The predicted octanol–water partition coefficient (Wildman–Crippen LogP) is 1.48. The summed E-state index contributed by atoms with van der Waals surface area (Å²) in [5.41, 5.74) is 12.6. The molecule has 0 saturated heterocycles. The molecule has 1 aromatic heterocycles. The summed E-state index contributed by atoms with van der Waals surface area (Å²) in [6, 6.07) is 0.489. The van der Waals surface area contributed by atoms with Gasteiger partial charge in [0.1, 0.15) is 11.5 Å². The normalized spacial score (nSPS) is 14.8. The van der Waals surface area contributed by atoms with Gasteiger partial charge in [-0.3, -0.25) is 4.79 Å². The number of halogens is 3. The Balaban J connectivity index is 1.60. The molecule has 2 heterocycles. The van der Waals surface area contributed by atoms with E-state index in [2.05, 4.69) is 5.16 Å². The molecule has 0 bridgehead atoms. The van der Waals surface area contributed by atoms with Crippen LogP contribution in [0.4, 0.5) is 19.1 Å². The first-order valence-corrected chi connectivity index (χ1v) is 7.24. The molecular formula is C15H15F3N4O2. The molecular weight excluding hydrogens is 325 g/mol. The monoisotopic (exact) mass is 340 g/mol. The Kier molecular flexibility index (Phi) is 4.18. The standard InChI is InChI=1S/C15H15F3N4O2/c16-10-4-12(18)11(17)2-7(10)1-8(19)3-14(23)22-5-9-13(6-22)21-24-15(9)20/h2,4,8H,1,3,5-6,19-20H2/t8-/m1/s1. The summed E-state index contributed by atoms with van der Waals surface area (Å²) in [6.07, 6.45) is -0.155. The number of aromatic nitrogens is 1. The number of nitrogens with zero attached hydrogens (tertiary/aromatic N) is 2. The summed E-state index contributed by atoms with van der Waals surface area (Å²) in [6.45, 7) is 0.539. The van der Waals surface area contributed by atoms with Crippen LogP contribution < -0.4 is 11.5 Å². The van der Waals surface area contributed by atoms with Crippen molar-refractivity contribution in [1.29, 1.82) is 0 Å². The van der Waals surface area contributed by atoms with E-state index < -0.39 is 23.5 Å². The lowest BCUT2D eigenvalue weighted by Crippen LogP contribution is -2.34. The van der Waals surface area contributed by atoms with Crippen LogP contribution >= 0.6 is 0 Å². The number of rotatable bonds is 4. The Morgan fingerprint density at radius 2 is 1.96 bits per heavy atom. The molecule has 1 aromatic carbocycles. The van der Waals surface area contributed by atoms with E-state index in [1.807, 2.05) is 0 Å². The molecule has 4 N–H and O–H groups in total. The number of fused-ring (bicyclic) bond motifs is 1. The summed E-state index contributed by atoms with van der Waals surface area (Å²) in [4.78, 5) is 13.8. The van der Waals surface area contributed by atoms with Crippen molar-refractivity contribution in [3.8, 4) is 0 Å². The second-order valence-corrected chi connectivity index (χ2v) is 5.75. The van der Waals surface area contributed by atoms with Crippen molar-refractivity contribution in [2.45, 2.75) is 32.0 Å².